The summed E-state index contributed by atoms with van der Waals surface area (Å²) < 4.78 is 42.7. The van der Waals surface area contributed by atoms with Gasteiger partial charge < -0.3 is 15.4 Å². The van der Waals surface area contributed by atoms with Crippen molar-refractivity contribution >= 4 is 17.6 Å². The largest absolute Gasteiger partial charge is 0.433 e. The lowest BCUT2D eigenvalue weighted by molar-refractivity contribution is -0.141. The maximum atomic E-state index is 12.5. The molecule has 0 saturated carbocycles. The van der Waals surface area contributed by atoms with Gasteiger partial charge in [-0.2, -0.15) is 13.2 Å². The molecule has 22 heavy (non-hydrogen) atoms. The van der Waals surface area contributed by atoms with E-state index in [4.69, 9.17) is 4.74 Å². The number of alkyl halides is 3. The standard InChI is InChI=1S/C13H14F3N3O3/c14-13(15,16)9-4-1-5-10(18-9)19-12(21)11(20)17-7-8-3-2-6-22-8/h1,4-5,8H,2-3,6-7H2,(H,17,20)(H,18,19,21)/t8-/m0/s1. The molecule has 0 radical (unpaired) electrons. The van der Waals surface area contributed by atoms with Gasteiger partial charge in [-0.1, -0.05) is 6.07 Å². The molecule has 1 saturated heterocycles. The zero-order valence-electron chi connectivity index (χ0n) is 11.4. The molecule has 1 atom stereocenters. The molecule has 0 bridgehead atoms. The van der Waals surface area contributed by atoms with E-state index < -0.39 is 23.7 Å². The predicted molar refractivity (Wildman–Crippen MR) is 69.9 cm³/mol. The highest BCUT2D eigenvalue weighted by atomic mass is 19.4. The lowest BCUT2D eigenvalue weighted by atomic mass is 10.2. The number of carbonyl (C=O) groups excluding carboxylic acids is 2. The Morgan fingerprint density at radius 3 is 2.73 bits per heavy atom. The van der Waals surface area contributed by atoms with Crippen LogP contribution in [0.2, 0.25) is 0 Å². The van der Waals surface area contributed by atoms with Gasteiger partial charge in [0.2, 0.25) is 0 Å². The fourth-order valence-electron chi connectivity index (χ4n) is 1.93. The highest BCUT2D eigenvalue weighted by Gasteiger charge is 2.32. The van der Waals surface area contributed by atoms with E-state index in [1.165, 1.54) is 6.07 Å². The Labute approximate surface area is 124 Å². The van der Waals surface area contributed by atoms with Crippen LogP contribution in [-0.2, 0) is 20.5 Å². The van der Waals surface area contributed by atoms with Crippen LogP contribution in [0, 0.1) is 0 Å². The lowest BCUT2D eigenvalue weighted by Crippen LogP contribution is -2.39. The van der Waals surface area contributed by atoms with Crippen molar-refractivity contribution in [1.29, 1.82) is 0 Å². The maximum Gasteiger partial charge on any atom is 0.433 e. The van der Waals surface area contributed by atoms with E-state index in [-0.39, 0.29) is 18.5 Å². The number of nitrogens with one attached hydrogen (secondary N) is 2. The van der Waals surface area contributed by atoms with E-state index in [0.29, 0.717) is 6.61 Å². The van der Waals surface area contributed by atoms with Gasteiger partial charge >= 0.3 is 18.0 Å². The van der Waals surface area contributed by atoms with Crippen molar-refractivity contribution in [3.05, 3.63) is 23.9 Å². The van der Waals surface area contributed by atoms with Crippen LogP contribution in [0.15, 0.2) is 18.2 Å². The molecule has 1 aromatic rings. The van der Waals surface area contributed by atoms with Gasteiger partial charge in [-0.05, 0) is 25.0 Å². The third kappa shape index (κ3) is 4.42. The molecular weight excluding hydrogens is 303 g/mol. The fourth-order valence-corrected chi connectivity index (χ4v) is 1.93. The van der Waals surface area contributed by atoms with Crippen molar-refractivity contribution in [2.45, 2.75) is 25.1 Å². The summed E-state index contributed by atoms with van der Waals surface area (Å²) >= 11 is 0. The molecule has 2 N–H and O–H groups in total. The molecule has 2 rings (SSSR count). The Morgan fingerprint density at radius 1 is 1.32 bits per heavy atom. The number of hydrogen-bond acceptors (Lipinski definition) is 4. The predicted octanol–water partition coefficient (Wildman–Crippen LogP) is 1.33. The van der Waals surface area contributed by atoms with Crippen LogP contribution >= 0.6 is 0 Å². The molecule has 1 aromatic heterocycles. The van der Waals surface area contributed by atoms with Crippen LogP contribution < -0.4 is 10.6 Å². The number of anilines is 1. The first-order chi connectivity index (χ1) is 10.4. The quantitative estimate of drug-likeness (QED) is 0.824. The van der Waals surface area contributed by atoms with E-state index in [1.54, 1.807) is 0 Å². The van der Waals surface area contributed by atoms with Gasteiger partial charge in [0.05, 0.1) is 6.10 Å². The number of halogens is 3. The minimum atomic E-state index is -4.62. The number of pyridine rings is 1. The van der Waals surface area contributed by atoms with Crippen LogP contribution in [0.1, 0.15) is 18.5 Å². The molecule has 0 unspecified atom stereocenters. The Bertz CT molecular complexity index is 557. The molecule has 9 heteroatoms. The summed E-state index contributed by atoms with van der Waals surface area (Å²) in [6, 6.07) is 3.03. The molecule has 0 aliphatic carbocycles. The van der Waals surface area contributed by atoms with Crippen molar-refractivity contribution in [3.8, 4) is 0 Å². The molecular formula is C13H14F3N3O3. The third-order valence-electron chi connectivity index (χ3n) is 3.00. The average molecular weight is 317 g/mol. The Balaban J connectivity index is 1.89. The van der Waals surface area contributed by atoms with Gasteiger partial charge in [-0.25, -0.2) is 4.98 Å². The zero-order chi connectivity index (χ0) is 16.2. The molecule has 1 aliphatic rings. The van der Waals surface area contributed by atoms with Crippen LogP contribution in [0.5, 0.6) is 0 Å². The minimum absolute atomic E-state index is 0.136. The fraction of sp³-hybridized carbons (Fsp3) is 0.462. The van der Waals surface area contributed by atoms with Crippen molar-refractivity contribution in [3.63, 3.8) is 0 Å². The third-order valence-corrected chi connectivity index (χ3v) is 3.00. The van der Waals surface area contributed by atoms with Crippen molar-refractivity contribution in [2.24, 2.45) is 0 Å². The van der Waals surface area contributed by atoms with Crippen molar-refractivity contribution in [1.82, 2.24) is 10.3 Å². The molecule has 1 fully saturated rings. The average Bonchev–Trinajstić information content (AvgIpc) is 2.97. The van der Waals surface area contributed by atoms with Crippen LogP contribution in [0.25, 0.3) is 0 Å². The molecule has 2 heterocycles. The van der Waals surface area contributed by atoms with Crippen molar-refractivity contribution < 1.29 is 27.5 Å². The first-order valence-corrected chi connectivity index (χ1v) is 6.61. The highest BCUT2D eigenvalue weighted by molar-refractivity contribution is 6.39. The van der Waals surface area contributed by atoms with Gasteiger partial charge in [0, 0.05) is 13.2 Å². The highest BCUT2D eigenvalue weighted by Crippen LogP contribution is 2.28. The van der Waals surface area contributed by atoms with Gasteiger partial charge in [0.1, 0.15) is 11.5 Å². The summed E-state index contributed by atoms with van der Waals surface area (Å²) in [6.07, 6.45) is -3.08. The van der Waals surface area contributed by atoms with E-state index >= 15 is 0 Å². The number of rotatable bonds is 3. The summed E-state index contributed by atoms with van der Waals surface area (Å²) in [5, 5.41) is 4.39. The zero-order valence-corrected chi connectivity index (χ0v) is 11.4. The lowest BCUT2D eigenvalue weighted by Gasteiger charge is -2.11. The van der Waals surface area contributed by atoms with Gasteiger partial charge in [-0.15, -0.1) is 0 Å². The van der Waals surface area contributed by atoms with Gasteiger partial charge in [0.15, 0.2) is 0 Å². The second-order valence-corrected chi connectivity index (χ2v) is 4.71. The summed E-state index contributed by atoms with van der Waals surface area (Å²) in [4.78, 5) is 26.4. The summed E-state index contributed by atoms with van der Waals surface area (Å²) in [7, 11) is 0. The van der Waals surface area contributed by atoms with E-state index in [0.717, 1.165) is 25.0 Å². The van der Waals surface area contributed by atoms with Gasteiger partial charge in [-0.3, -0.25) is 9.59 Å². The monoisotopic (exact) mass is 317 g/mol. The van der Waals surface area contributed by atoms with Crippen LogP contribution in [0.3, 0.4) is 0 Å². The Hall–Kier alpha value is -2.16. The second kappa shape index (κ2) is 6.73. The number of nitrogens with zero attached hydrogens (tertiary/aromatic N) is 1. The van der Waals surface area contributed by atoms with Gasteiger partial charge in [0.25, 0.3) is 0 Å². The minimum Gasteiger partial charge on any atom is -0.376 e. The normalized spacial score (nSPS) is 18.0. The SMILES string of the molecule is O=C(NC[C@@H]1CCCO1)C(=O)Nc1cccc(C(F)(F)F)n1. The Morgan fingerprint density at radius 2 is 2.09 bits per heavy atom. The molecule has 6 nitrogen and oxygen atoms in total. The summed E-state index contributed by atoms with van der Waals surface area (Å²) in [5.74, 6) is -2.37. The number of amides is 2. The Kier molecular flexibility index (Phi) is 4.96. The summed E-state index contributed by atoms with van der Waals surface area (Å²) in [5.41, 5.74) is -1.15. The van der Waals surface area contributed by atoms with Crippen LogP contribution in [0.4, 0.5) is 19.0 Å². The van der Waals surface area contributed by atoms with E-state index in [9.17, 15) is 22.8 Å². The maximum absolute atomic E-state index is 12.5. The summed E-state index contributed by atoms with van der Waals surface area (Å²) in [6.45, 7) is 0.795. The molecule has 1 aliphatic heterocycles. The molecule has 0 aromatic carbocycles. The number of hydrogen-bond donors (Lipinski definition) is 2. The van der Waals surface area contributed by atoms with Crippen molar-refractivity contribution in [2.75, 3.05) is 18.5 Å². The number of ether oxygens (including phenoxy) is 1. The molecule has 120 valence electrons. The number of carbonyl (C=O) groups is 2. The second-order valence-electron chi connectivity index (χ2n) is 4.71. The first kappa shape index (κ1) is 16.2. The number of aromatic nitrogens is 1. The van der Waals surface area contributed by atoms with Crippen LogP contribution in [-0.4, -0.2) is 36.1 Å². The topological polar surface area (TPSA) is 80.3 Å². The van der Waals surface area contributed by atoms with E-state index in [1.807, 2.05) is 5.32 Å². The first-order valence-electron chi connectivity index (χ1n) is 6.61. The molecule has 2 amide bonds. The van der Waals surface area contributed by atoms with E-state index in [2.05, 4.69) is 10.3 Å². The smallest absolute Gasteiger partial charge is 0.376 e. The molecule has 0 spiro atoms.